The molecule has 0 aromatic carbocycles. The molecule has 0 saturated carbocycles. The number of thiophene rings is 2. The second-order valence-electron chi connectivity index (χ2n) is 4.64. The molecule has 1 fully saturated rings. The number of carbonyl (C=O) groups is 2. The lowest BCUT2D eigenvalue weighted by Gasteiger charge is -2.23. The van der Waals surface area contributed by atoms with Crippen LogP contribution in [0.25, 0.3) is 0 Å². The molecule has 0 radical (unpaired) electrons. The summed E-state index contributed by atoms with van der Waals surface area (Å²) in [5.74, 6) is -1.04. The Hall–Kier alpha value is -1.66. The van der Waals surface area contributed by atoms with Crippen LogP contribution in [0, 0.1) is 0 Å². The molecule has 1 amide bonds. The standard InChI is InChI=1S/C14H13NO3S2/c16-13(11-5-6-12(20-11)14(17)18)15-7-1-3-9(15)10-4-2-8-19-10/h2,4-6,8-9H,1,3,7H2,(H,17,18)/t9-/m0/s1. The highest BCUT2D eigenvalue weighted by Gasteiger charge is 2.32. The van der Waals surface area contributed by atoms with Gasteiger partial charge in [-0.1, -0.05) is 6.07 Å². The zero-order valence-corrected chi connectivity index (χ0v) is 12.2. The van der Waals surface area contributed by atoms with E-state index in [1.807, 2.05) is 16.3 Å². The fourth-order valence-corrected chi connectivity index (χ4v) is 4.17. The van der Waals surface area contributed by atoms with E-state index in [-0.39, 0.29) is 16.8 Å². The van der Waals surface area contributed by atoms with Crippen molar-refractivity contribution in [1.29, 1.82) is 0 Å². The molecular weight excluding hydrogens is 294 g/mol. The lowest BCUT2D eigenvalue weighted by molar-refractivity contribution is 0.0701. The van der Waals surface area contributed by atoms with E-state index in [1.165, 1.54) is 10.9 Å². The fraction of sp³-hybridized carbons (Fsp3) is 0.286. The molecule has 3 heterocycles. The summed E-state index contributed by atoms with van der Waals surface area (Å²) in [6.07, 6.45) is 1.97. The smallest absolute Gasteiger partial charge is 0.345 e. The summed E-state index contributed by atoms with van der Waals surface area (Å²) in [7, 11) is 0. The van der Waals surface area contributed by atoms with E-state index in [0.717, 1.165) is 30.7 Å². The van der Waals surface area contributed by atoms with Crippen LogP contribution in [0.4, 0.5) is 0 Å². The third kappa shape index (κ3) is 2.36. The van der Waals surface area contributed by atoms with E-state index < -0.39 is 5.97 Å². The Morgan fingerprint density at radius 3 is 2.70 bits per heavy atom. The van der Waals surface area contributed by atoms with E-state index in [9.17, 15) is 9.59 Å². The number of carbonyl (C=O) groups excluding carboxylic acids is 1. The largest absolute Gasteiger partial charge is 0.477 e. The van der Waals surface area contributed by atoms with Crippen molar-refractivity contribution in [2.45, 2.75) is 18.9 Å². The van der Waals surface area contributed by atoms with Crippen LogP contribution in [0.15, 0.2) is 29.6 Å². The topological polar surface area (TPSA) is 57.6 Å². The Balaban J connectivity index is 1.83. The van der Waals surface area contributed by atoms with E-state index in [2.05, 4.69) is 6.07 Å². The summed E-state index contributed by atoms with van der Waals surface area (Å²) in [4.78, 5) is 27.2. The van der Waals surface area contributed by atoms with Crippen LogP contribution in [0.3, 0.4) is 0 Å². The molecule has 2 aromatic rings. The number of hydrogen-bond acceptors (Lipinski definition) is 4. The van der Waals surface area contributed by atoms with Gasteiger partial charge in [0.2, 0.25) is 0 Å². The summed E-state index contributed by atoms with van der Waals surface area (Å²) in [5.41, 5.74) is 0. The maximum atomic E-state index is 12.5. The first kappa shape index (κ1) is 13.3. The lowest BCUT2D eigenvalue weighted by Crippen LogP contribution is -2.29. The minimum atomic E-state index is -0.981. The average molecular weight is 307 g/mol. The summed E-state index contributed by atoms with van der Waals surface area (Å²) >= 11 is 2.71. The summed E-state index contributed by atoms with van der Waals surface area (Å²) in [6.45, 7) is 0.738. The van der Waals surface area contributed by atoms with Crippen LogP contribution in [-0.4, -0.2) is 28.4 Å². The zero-order chi connectivity index (χ0) is 14.1. The summed E-state index contributed by atoms with van der Waals surface area (Å²) < 4.78 is 0. The highest BCUT2D eigenvalue weighted by Crippen LogP contribution is 2.36. The second-order valence-corrected chi connectivity index (χ2v) is 6.70. The number of likely N-dealkylation sites (tertiary alicyclic amines) is 1. The molecule has 0 bridgehead atoms. The van der Waals surface area contributed by atoms with Crippen molar-refractivity contribution in [2.75, 3.05) is 6.54 Å². The molecule has 1 aliphatic heterocycles. The Morgan fingerprint density at radius 2 is 2.05 bits per heavy atom. The molecule has 3 rings (SSSR count). The molecule has 20 heavy (non-hydrogen) atoms. The third-order valence-corrected chi connectivity index (χ3v) is 5.45. The van der Waals surface area contributed by atoms with Crippen molar-refractivity contribution in [3.63, 3.8) is 0 Å². The number of amides is 1. The predicted octanol–water partition coefficient (Wildman–Crippen LogP) is 3.49. The normalized spacial score (nSPS) is 18.4. The molecule has 104 valence electrons. The first-order chi connectivity index (χ1) is 9.66. The highest BCUT2D eigenvalue weighted by atomic mass is 32.1. The monoisotopic (exact) mass is 307 g/mol. The Labute approximate surface area is 124 Å². The van der Waals surface area contributed by atoms with Gasteiger partial charge in [-0.2, -0.15) is 0 Å². The summed E-state index contributed by atoms with van der Waals surface area (Å²) in [5, 5.41) is 11.0. The zero-order valence-electron chi connectivity index (χ0n) is 10.6. The van der Waals surface area contributed by atoms with Gasteiger partial charge in [-0.3, -0.25) is 4.79 Å². The SMILES string of the molecule is O=C(O)c1ccc(C(=O)N2CCC[C@H]2c2cccs2)s1. The Bertz CT molecular complexity index is 633. The fourth-order valence-electron chi connectivity index (χ4n) is 2.50. The quantitative estimate of drug-likeness (QED) is 0.944. The van der Waals surface area contributed by atoms with E-state index in [1.54, 1.807) is 17.4 Å². The summed E-state index contributed by atoms with van der Waals surface area (Å²) in [6, 6.07) is 7.29. The van der Waals surface area contributed by atoms with Crippen LogP contribution in [-0.2, 0) is 0 Å². The van der Waals surface area contributed by atoms with Gasteiger partial charge >= 0.3 is 5.97 Å². The maximum Gasteiger partial charge on any atom is 0.345 e. The Morgan fingerprint density at radius 1 is 1.25 bits per heavy atom. The number of aromatic carboxylic acids is 1. The van der Waals surface area contributed by atoms with Crippen molar-refractivity contribution in [1.82, 2.24) is 4.90 Å². The van der Waals surface area contributed by atoms with Gasteiger partial charge in [0.1, 0.15) is 4.88 Å². The van der Waals surface area contributed by atoms with E-state index in [0.29, 0.717) is 4.88 Å². The lowest BCUT2D eigenvalue weighted by atomic mass is 10.2. The van der Waals surface area contributed by atoms with Gasteiger partial charge in [-0.05, 0) is 36.4 Å². The minimum absolute atomic E-state index is 0.0570. The van der Waals surface area contributed by atoms with Crippen molar-refractivity contribution in [3.05, 3.63) is 44.3 Å². The van der Waals surface area contributed by atoms with Gasteiger partial charge in [-0.25, -0.2) is 4.79 Å². The molecule has 2 aromatic heterocycles. The molecule has 4 nitrogen and oxygen atoms in total. The molecule has 1 saturated heterocycles. The number of rotatable bonds is 3. The van der Waals surface area contributed by atoms with Gasteiger partial charge in [0.25, 0.3) is 5.91 Å². The molecule has 1 aliphatic rings. The third-order valence-electron chi connectivity index (χ3n) is 3.41. The predicted molar refractivity (Wildman–Crippen MR) is 78.6 cm³/mol. The van der Waals surface area contributed by atoms with Gasteiger partial charge < -0.3 is 10.0 Å². The molecular formula is C14H13NO3S2. The van der Waals surface area contributed by atoms with Crippen LogP contribution in [0.2, 0.25) is 0 Å². The van der Waals surface area contributed by atoms with Gasteiger partial charge in [-0.15, -0.1) is 22.7 Å². The number of nitrogens with zero attached hydrogens (tertiary/aromatic N) is 1. The van der Waals surface area contributed by atoms with Gasteiger partial charge in [0, 0.05) is 11.4 Å². The van der Waals surface area contributed by atoms with Crippen LogP contribution < -0.4 is 0 Å². The average Bonchev–Trinajstić information content (AvgIpc) is 3.17. The highest BCUT2D eigenvalue weighted by molar-refractivity contribution is 7.15. The molecule has 1 atom stereocenters. The van der Waals surface area contributed by atoms with Crippen molar-refractivity contribution in [3.8, 4) is 0 Å². The van der Waals surface area contributed by atoms with Gasteiger partial charge in [0.15, 0.2) is 0 Å². The number of carboxylic acid groups (broad SMARTS) is 1. The molecule has 0 unspecified atom stereocenters. The molecule has 0 aliphatic carbocycles. The van der Waals surface area contributed by atoms with Gasteiger partial charge in [0.05, 0.1) is 10.9 Å². The first-order valence-corrected chi connectivity index (χ1v) is 8.04. The molecule has 6 heteroatoms. The Kier molecular flexibility index (Phi) is 3.58. The second kappa shape index (κ2) is 5.38. The molecule has 0 spiro atoms. The van der Waals surface area contributed by atoms with Crippen molar-refractivity contribution >= 4 is 34.6 Å². The maximum absolute atomic E-state index is 12.5. The van der Waals surface area contributed by atoms with Crippen molar-refractivity contribution in [2.24, 2.45) is 0 Å². The number of hydrogen-bond donors (Lipinski definition) is 1. The van der Waals surface area contributed by atoms with E-state index >= 15 is 0 Å². The van der Waals surface area contributed by atoms with E-state index in [4.69, 9.17) is 5.11 Å². The van der Waals surface area contributed by atoms with Crippen LogP contribution in [0.5, 0.6) is 0 Å². The number of carboxylic acids is 1. The van der Waals surface area contributed by atoms with Crippen LogP contribution >= 0.6 is 22.7 Å². The minimum Gasteiger partial charge on any atom is -0.477 e. The first-order valence-electron chi connectivity index (χ1n) is 6.34. The van der Waals surface area contributed by atoms with Crippen LogP contribution in [0.1, 0.15) is 43.1 Å². The molecule has 1 N–H and O–H groups in total. The van der Waals surface area contributed by atoms with Crippen molar-refractivity contribution < 1.29 is 14.7 Å².